The van der Waals surface area contributed by atoms with Crippen molar-refractivity contribution in [3.63, 3.8) is 0 Å². The van der Waals surface area contributed by atoms with Gasteiger partial charge in [-0.25, -0.2) is 4.98 Å². The molecule has 7 heteroatoms. The molecule has 0 saturated heterocycles. The Balaban J connectivity index is 2.33. The first kappa shape index (κ1) is 13.3. The molecule has 1 aromatic heterocycles. The molecule has 1 aromatic carbocycles. The SMILES string of the molecule is N#Cc1cc([N+](=O)[O-])ccc1Sc1ccc(Cl)cn1. The molecule has 0 aliphatic carbocycles. The van der Waals surface area contributed by atoms with Crippen LogP contribution < -0.4 is 0 Å². The van der Waals surface area contributed by atoms with Crippen molar-refractivity contribution in [2.75, 3.05) is 0 Å². The Morgan fingerprint density at radius 2 is 2.16 bits per heavy atom. The van der Waals surface area contributed by atoms with Crippen molar-refractivity contribution >= 4 is 29.1 Å². The normalized spacial score (nSPS) is 9.89. The Morgan fingerprint density at radius 3 is 2.74 bits per heavy atom. The van der Waals surface area contributed by atoms with Crippen LogP contribution in [0.25, 0.3) is 0 Å². The number of pyridine rings is 1. The van der Waals surface area contributed by atoms with Crippen LogP contribution in [0.1, 0.15) is 5.56 Å². The van der Waals surface area contributed by atoms with Crippen molar-refractivity contribution in [3.8, 4) is 6.07 Å². The molecule has 19 heavy (non-hydrogen) atoms. The highest BCUT2D eigenvalue weighted by atomic mass is 35.5. The first-order valence-electron chi connectivity index (χ1n) is 5.08. The second-order valence-electron chi connectivity index (χ2n) is 3.47. The standard InChI is InChI=1S/C12H6ClN3O2S/c13-9-1-4-12(15-7-9)19-11-3-2-10(16(17)18)5-8(11)6-14/h1-5,7H. The van der Waals surface area contributed by atoms with E-state index in [1.54, 1.807) is 12.1 Å². The number of non-ortho nitro benzene ring substituents is 1. The third kappa shape index (κ3) is 3.22. The molecule has 5 nitrogen and oxygen atoms in total. The van der Waals surface area contributed by atoms with Gasteiger partial charge in [0.05, 0.1) is 15.5 Å². The van der Waals surface area contributed by atoms with Gasteiger partial charge in [-0.1, -0.05) is 23.4 Å². The Bertz CT molecular complexity index is 668. The van der Waals surface area contributed by atoms with E-state index in [0.717, 1.165) is 0 Å². The predicted octanol–water partition coefficient (Wildman–Crippen LogP) is 3.67. The van der Waals surface area contributed by atoms with Crippen LogP contribution in [-0.4, -0.2) is 9.91 Å². The Morgan fingerprint density at radius 1 is 1.37 bits per heavy atom. The second-order valence-corrected chi connectivity index (χ2v) is 4.96. The van der Waals surface area contributed by atoms with E-state index in [0.29, 0.717) is 14.9 Å². The summed E-state index contributed by atoms with van der Waals surface area (Å²) in [6, 6.07) is 9.50. The van der Waals surface area contributed by atoms with Crippen LogP contribution in [-0.2, 0) is 0 Å². The van der Waals surface area contributed by atoms with E-state index >= 15 is 0 Å². The van der Waals surface area contributed by atoms with Gasteiger partial charge in [0.15, 0.2) is 0 Å². The minimum atomic E-state index is -0.532. The minimum Gasteiger partial charge on any atom is -0.258 e. The van der Waals surface area contributed by atoms with Gasteiger partial charge in [-0.2, -0.15) is 5.26 Å². The second kappa shape index (κ2) is 5.69. The lowest BCUT2D eigenvalue weighted by molar-refractivity contribution is -0.384. The number of hydrogen-bond acceptors (Lipinski definition) is 5. The van der Waals surface area contributed by atoms with Gasteiger partial charge in [0, 0.05) is 23.2 Å². The summed E-state index contributed by atoms with van der Waals surface area (Å²) in [5.74, 6) is 0. The summed E-state index contributed by atoms with van der Waals surface area (Å²) in [7, 11) is 0. The number of nitro groups is 1. The zero-order valence-corrected chi connectivity index (χ0v) is 11.0. The largest absolute Gasteiger partial charge is 0.270 e. The lowest BCUT2D eigenvalue weighted by atomic mass is 10.2. The van der Waals surface area contributed by atoms with Gasteiger partial charge in [-0.05, 0) is 18.2 Å². The number of nitro benzene ring substituents is 1. The van der Waals surface area contributed by atoms with Gasteiger partial charge >= 0.3 is 0 Å². The summed E-state index contributed by atoms with van der Waals surface area (Å²) >= 11 is 6.98. The molecule has 2 rings (SSSR count). The van der Waals surface area contributed by atoms with Crippen LogP contribution in [0.4, 0.5) is 5.69 Å². The van der Waals surface area contributed by atoms with Crippen molar-refractivity contribution in [1.29, 1.82) is 5.26 Å². The molecule has 0 atom stereocenters. The molecule has 0 aliphatic heterocycles. The maximum absolute atomic E-state index is 10.6. The third-order valence-corrected chi connectivity index (χ3v) is 3.46. The molecule has 94 valence electrons. The van der Waals surface area contributed by atoms with Crippen molar-refractivity contribution < 1.29 is 4.92 Å². The molecule has 0 bridgehead atoms. The topological polar surface area (TPSA) is 79.8 Å². The molecular weight excluding hydrogens is 286 g/mol. The van der Waals surface area contributed by atoms with Crippen LogP contribution in [0.3, 0.4) is 0 Å². The average molecular weight is 292 g/mol. The summed E-state index contributed by atoms with van der Waals surface area (Å²) in [6.45, 7) is 0. The van der Waals surface area contributed by atoms with E-state index in [1.165, 1.54) is 36.2 Å². The summed E-state index contributed by atoms with van der Waals surface area (Å²) < 4.78 is 0. The van der Waals surface area contributed by atoms with Gasteiger partial charge in [0.25, 0.3) is 5.69 Å². The molecule has 0 aliphatic rings. The summed E-state index contributed by atoms with van der Waals surface area (Å²) in [4.78, 5) is 14.8. The summed E-state index contributed by atoms with van der Waals surface area (Å²) in [6.07, 6.45) is 1.50. The maximum Gasteiger partial charge on any atom is 0.270 e. The third-order valence-electron chi connectivity index (χ3n) is 2.21. The first-order valence-corrected chi connectivity index (χ1v) is 6.27. The fourth-order valence-corrected chi connectivity index (χ4v) is 2.27. The van der Waals surface area contributed by atoms with Crippen LogP contribution >= 0.6 is 23.4 Å². The fraction of sp³-hybridized carbons (Fsp3) is 0. The summed E-state index contributed by atoms with van der Waals surface area (Å²) in [5.41, 5.74) is 0.140. The Labute approximate surface area is 118 Å². The van der Waals surface area contributed by atoms with E-state index in [9.17, 15) is 10.1 Å². The highest BCUT2D eigenvalue weighted by molar-refractivity contribution is 7.99. The number of hydrogen-bond donors (Lipinski definition) is 0. The van der Waals surface area contributed by atoms with Gasteiger partial charge in [0.2, 0.25) is 0 Å². The molecule has 0 radical (unpaired) electrons. The number of benzene rings is 1. The molecule has 0 spiro atoms. The number of rotatable bonds is 3. The monoisotopic (exact) mass is 291 g/mol. The predicted molar refractivity (Wildman–Crippen MR) is 71.2 cm³/mol. The number of nitrogens with zero attached hydrogens (tertiary/aromatic N) is 3. The van der Waals surface area contributed by atoms with E-state index in [2.05, 4.69) is 4.98 Å². The highest BCUT2D eigenvalue weighted by Crippen LogP contribution is 2.31. The Hall–Kier alpha value is -2.10. The molecule has 2 aromatic rings. The van der Waals surface area contributed by atoms with E-state index in [4.69, 9.17) is 16.9 Å². The molecule has 0 saturated carbocycles. The van der Waals surface area contributed by atoms with E-state index in [-0.39, 0.29) is 11.3 Å². The molecule has 1 heterocycles. The smallest absolute Gasteiger partial charge is 0.258 e. The van der Waals surface area contributed by atoms with Crippen molar-refractivity contribution in [3.05, 3.63) is 57.2 Å². The van der Waals surface area contributed by atoms with Gasteiger partial charge in [0.1, 0.15) is 11.1 Å². The van der Waals surface area contributed by atoms with Crippen molar-refractivity contribution in [2.45, 2.75) is 9.92 Å². The van der Waals surface area contributed by atoms with Gasteiger partial charge in [-0.3, -0.25) is 10.1 Å². The summed E-state index contributed by atoms with van der Waals surface area (Å²) in [5, 5.41) is 20.8. The van der Waals surface area contributed by atoms with Crippen LogP contribution in [0.15, 0.2) is 46.5 Å². The first-order chi connectivity index (χ1) is 9.10. The molecule has 0 amide bonds. The number of aromatic nitrogens is 1. The van der Waals surface area contributed by atoms with E-state index < -0.39 is 4.92 Å². The lowest BCUT2D eigenvalue weighted by Gasteiger charge is -2.03. The average Bonchev–Trinajstić information content (AvgIpc) is 2.41. The van der Waals surface area contributed by atoms with Gasteiger partial charge < -0.3 is 0 Å². The number of nitriles is 1. The number of halogens is 1. The highest BCUT2D eigenvalue weighted by Gasteiger charge is 2.11. The molecular formula is C12H6ClN3O2S. The van der Waals surface area contributed by atoms with Crippen LogP contribution in [0.2, 0.25) is 5.02 Å². The lowest BCUT2D eigenvalue weighted by Crippen LogP contribution is -1.90. The van der Waals surface area contributed by atoms with Gasteiger partial charge in [-0.15, -0.1) is 0 Å². The Kier molecular flexibility index (Phi) is 4.00. The minimum absolute atomic E-state index is 0.107. The molecule has 0 fully saturated rings. The molecule has 0 N–H and O–H groups in total. The molecule has 0 unspecified atom stereocenters. The fourth-order valence-electron chi connectivity index (χ4n) is 1.34. The van der Waals surface area contributed by atoms with E-state index in [1.807, 2.05) is 6.07 Å². The maximum atomic E-state index is 10.6. The van der Waals surface area contributed by atoms with Crippen molar-refractivity contribution in [2.24, 2.45) is 0 Å². The van der Waals surface area contributed by atoms with Crippen LogP contribution in [0, 0.1) is 21.4 Å². The quantitative estimate of drug-likeness (QED) is 0.637. The van der Waals surface area contributed by atoms with Crippen molar-refractivity contribution in [1.82, 2.24) is 4.98 Å². The zero-order chi connectivity index (χ0) is 13.8. The van der Waals surface area contributed by atoms with Crippen LogP contribution in [0.5, 0.6) is 0 Å². The zero-order valence-electron chi connectivity index (χ0n) is 9.41.